The van der Waals surface area contributed by atoms with E-state index in [1.54, 1.807) is 6.92 Å². The van der Waals surface area contributed by atoms with Crippen LogP contribution < -0.4 is 11.1 Å². The minimum absolute atomic E-state index is 0.213. The number of aromatic amines is 1. The number of aryl methyl sites for hydroxylation is 1. The highest BCUT2D eigenvalue weighted by molar-refractivity contribution is 5.92. The van der Waals surface area contributed by atoms with Crippen LogP contribution in [0.15, 0.2) is 9.21 Å². The summed E-state index contributed by atoms with van der Waals surface area (Å²) < 4.78 is 4.71. The molecule has 0 aromatic carbocycles. The molecule has 0 unspecified atom stereocenters. The van der Waals surface area contributed by atoms with Crippen molar-refractivity contribution in [3.63, 3.8) is 0 Å². The molecule has 0 spiro atoms. The predicted octanol–water partition coefficient (Wildman–Crippen LogP) is -0.110. The van der Waals surface area contributed by atoms with Crippen molar-refractivity contribution < 1.29 is 9.21 Å². The van der Waals surface area contributed by atoms with E-state index in [1.165, 1.54) is 7.05 Å². The Morgan fingerprint density at radius 3 is 2.83 bits per heavy atom. The third-order valence-corrected chi connectivity index (χ3v) is 1.50. The third kappa shape index (κ3) is 1.39. The van der Waals surface area contributed by atoms with Gasteiger partial charge in [0, 0.05) is 13.5 Å². The molecule has 5 nitrogen and oxygen atoms in total. The number of carbonyl (C=O) groups excluding carboxylic acids is 1. The summed E-state index contributed by atoms with van der Waals surface area (Å²) >= 11 is 0. The second kappa shape index (κ2) is 3.25. The van der Waals surface area contributed by atoms with Gasteiger partial charge in [-0.3, -0.25) is 9.78 Å². The number of hydrogen-bond donors (Lipinski definition) is 2. The summed E-state index contributed by atoms with van der Waals surface area (Å²) in [5.41, 5.74) is 0.213. The maximum Gasteiger partial charge on any atom is 0.417 e. The lowest BCUT2D eigenvalue weighted by Crippen LogP contribution is -2.20. The molecule has 1 aromatic rings. The topological polar surface area (TPSA) is 75.1 Å². The zero-order chi connectivity index (χ0) is 9.14. The Morgan fingerprint density at radius 2 is 2.33 bits per heavy atom. The number of oxazole rings is 1. The van der Waals surface area contributed by atoms with E-state index in [0.29, 0.717) is 12.2 Å². The molecule has 5 heteroatoms. The van der Waals surface area contributed by atoms with E-state index < -0.39 is 5.76 Å². The second-order valence-electron chi connectivity index (χ2n) is 2.25. The van der Waals surface area contributed by atoms with Crippen LogP contribution in [-0.2, 0) is 6.42 Å². The van der Waals surface area contributed by atoms with Crippen molar-refractivity contribution >= 4 is 5.91 Å². The van der Waals surface area contributed by atoms with Crippen LogP contribution in [0.4, 0.5) is 0 Å². The first-order valence-electron chi connectivity index (χ1n) is 3.63. The summed E-state index contributed by atoms with van der Waals surface area (Å²) in [7, 11) is 1.49. The molecule has 0 bridgehead atoms. The standard InChI is InChI=1S/C7H10N2O3/c1-3-4-5(6(10)8-2)9-7(11)12-4/h3H2,1-2H3,(H,8,10)(H,9,11). The molecule has 1 aromatic heterocycles. The molecule has 2 N–H and O–H groups in total. The van der Waals surface area contributed by atoms with Crippen LogP contribution in [0.3, 0.4) is 0 Å². The number of aromatic nitrogens is 1. The van der Waals surface area contributed by atoms with Gasteiger partial charge >= 0.3 is 5.76 Å². The van der Waals surface area contributed by atoms with Gasteiger partial charge in [0.2, 0.25) is 0 Å². The summed E-state index contributed by atoms with van der Waals surface area (Å²) in [6, 6.07) is 0. The lowest BCUT2D eigenvalue weighted by Gasteiger charge is -1.95. The highest BCUT2D eigenvalue weighted by Crippen LogP contribution is 2.03. The Labute approximate surface area is 68.8 Å². The monoisotopic (exact) mass is 170 g/mol. The van der Waals surface area contributed by atoms with Crippen molar-refractivity contribution in [2.24, 2.45) is 0 Å². The van der Waals surface area contributed by atoms with Gasteiger partial charge < -0.3 is 9.73 Å². The maximum atomic E-state index is 11.1. The van der Waals surface area contributed by atoms with Gasteiger partial charge in [0.1, 0.15) is 11.5 Å². The first-order chi connectivity index (χ1) is 5.69. The predicted molar refractivity (Wildman–Crippen MR) is 42.1 cm³/mol. The summed E-state index contributed by atoms with van der Waals surface area (Å²) in [5.74, 6) is -0.539. The first-order valence-corrected chi connectivity index (χ1v) is 3.63. The summed E-state index contributed by atoms with van der Waals surface area (Å²) in [6.45, 7) is 1.80. The molecule has 0 aliphatic rings. The van der Waals surface area contributed by atoms with E-state index in [2.05, 4.69) is 10.3 Å². The highest BCUT2D eigenvalue weighted by Gasteiger charge is 2.13. The Hall–Kier alpha value is -1.52. The minimum atomic E-state index is -0.592. The fourth-order valence-corrected chi connectivity index (χ4v) is 0.918. The van der Waals surface area contributed by atoms with Gasteiger partial charge in [0.05, 0.1) is 0 Å². The van der Waals surface area contributed by atoms with Gasteiger partial charge in [-0.05, 0) is 0 Å². The normalized spacial score (nSPS) is 9.83. The van der Waals surface area contributed by atoms with Gasteiger partial charge in [-0.15, -0.1) is 0 Å². The molecule has 1 heterocycles. The number of carbonyl (C=O) groups is 1. The third-order valence-electron chi connectivity index (χ3n) is 1.50. The molecule has 0 saturated carbocycles. The van der Waals surface area contributed by atoms with Crippen LogP contribution in [0.5, 0.6) is 0 Å². The van der Waals surface area contributed by atoms with Crippen LogP contribution >= 0.6 is 0 Å². The van der Waals surface area contributed by atoms with Gasteiger partial charge in [-0.1, -0.05) is 6.92 Å². The van der Waals surface area contributed by atoms with E-state index in [1.807, 2.05) is 0 Å². The van der Waals surface area contributed by atoms with Crippen molar-refractivity contribution in [1.82, 2.24) is 10.3 Å². The molecular weight excluding hydrogens is 160 g/mol. The molecule has 0 aliphatic carbocycles. The molecule has 0 radical (unpaired) electrons. The summed E-state index contributed by atoms with van der Waals surface area (Å²) in [4.78, 5) is 24.1. The molecule has 12 heavy (non-hydrogen) atoms. The zero-order valence-corrected chi connectivity index (χ0v) is 6.93. The molecule has 1 rings (SSSR count). The summed E-state index contributed by atoms with van der Waals surface area (Å²) in [6.07, 6.45) is 0.515. The SMILES string of the molecule is CCc1oc(=O)[nH]c1C(=O)NC. The fraction of sp³-hybridized carbons (Fsp3) is 0.429. The quantitative estimate of drug-likeness (QED) is 0.650. The number of amides is 1. The number of hydrogen-bond acceptors (Lipinski definition) is 3. The summed E-state index contributed by atoms with van der Waals surface area (Å²) in [5, 5.41) is 2.40. The molecule has 0 atom stereocenters. The van der Waals surface area contributed by atoms with Crippen LogP contribution in [0.25, 0.3) is 0 Å². The number of nitrogens with one attached hydrogen (secondary N) is 2. The van der Waals surface area contributed by atoms with Crippen LogP contribution in [0.2, 0.25) is 0 Å². The molecular formula is C7H10N2O3. The molecule has 66 valence electrons. The average Bonchev–Trinajstić information content (AvgIpc) is 2.45. The van der Waals surface area contributed by atoms with E-state index in [9.17, 15) is 9.59 Å². The fourth-order valence-electron chi connectivity index (χ4n) is 0.918. The van der Waals surface area contributed by atoms with E-state index in [-0.39, 0.29) is 11.6 Å². The second-order valence-corrected chi connectivity index (χ2v) is 2.25. The minimum Gasteiger partial charge on any atom is -0.412 e. The van der Waals surface area contributed by atoms with Gasteiger partial charge in [0.15, 0.2) is 0 Å². The van der Waals surface area contributed by atoms with E-state index in [4.69, 9.17) is 4.42 Å². The molecule has 0 fully saturated rings. The van der Waals surface area contributed by atoms with Crippen LogP contribution in [0.1, 0.15) is 23.2 Å². The van der Waals surface area contributed by atoms with Gasteiger partial charge in [-0.2, -0.15) is 0 Å². The first kappa shape index (κ1) is 8.58. The molecule has 0 aliphatic heterocycles. The van der Waals surface area contributed by atoms with Crippen LogP contribution in [0, 0.1) is 0 Å². The lowest BCUT2D eigenvalue weighted by molar-refractivity contribution is 0.0957. The number of rotatable bonds is 2. The lowest BCUT2D eigenvalue weighted by atomic mass is 10.3. The Bertz CT molecular complexity index is 337. The van der Waals surface area contributed by atoms with E-state index in [0.717, 1.165) is 0 Å². The van der Waals surface area contributed by atoms with Crippen molar-refractivity contribution in [3.05, 3.63) is 22.0 Å². The smallest absolute Gasteiger partial charge is 0.412 e. The van der Waals surface area contributed by atoms with E-state index >= 15 is 0 Å². The Morgan fingerprint density at radius 1 is 1.67 bits per heavy atom. The maximum absolute atomic E-state index is 11.1. The van der Waals surface area contributed by atoms with Crippen molar-refractivity contribution in [2.75, 3.05) is 7.05 Å². The number of H-pyrrole nitrogens is 1. The van der Waals surface area contributed by atoms with Crippen molar-refractivity contribution in [1.29, 1.82) is 0 Å². The van der Waals surface area contributed by atoms with Crippen molar-refractivity contribution in [3.8, 4) is 0 Å². The van der Waals surface area contributed by atoms with Crippen molar-refractivity contribution in [2.45, 2.75) is 13.3 Å². The average molecular weight is 170 g/mol. The highest BCUT2D eigenvalue weighted by atomic mass is 16.4. The Kier molecular flexibility index (Phi) is 2.32. The Balaban J connectivity index is 3.13. The van der Waals surface area contributed by atoms with Gasteiger partial charge in [0.25, 0.3) is 5.91 Å². The largest absolute Gasteiger partial charge is 0.417 e. The molecule has 0 saturated heterocycles. The van der Waals surface area contributed by atoms with Crippen LogP contribution in [-0.4, -0.2) is 17.9 Å². The van der Waals surface area contributed by atoms with Gasteiger partial charge in [-0.25, -0.2) is 4.79 Å². The molecule has 1 amide bonds. The zero-order valence-electron chi connectivity index (χ0n) is 6.93.